The van der Waals surface area contributed by atoms with Gasteiger partial charge in [0, 0.05) is 35.0 Å². The molecule has 1 N–H and O–H groups in total. The van der Waals surface area contributed by atoms with Crippen molar-refractivity contribution in [3.63, 3.8) is 0 Å². The van der Waals surface area contributed by atoms with E-state index in [9.17, 15) is 10.1 Å². The Morgan fingerprint density at radius 2 is 1.77 bits per heavy atom. The Morgan fingerprint density at radius 1 is 1.00 bits per heavy atom. The normalized spacial score (nSPS) is 10.7. The summed E-state index contributed by atoms with van der Waals surface area (Å²) in [6, 6.07) is 18.1. The molecule has 0 fully saturated rings. The van der Waals surface area contributed by atoms with Gasteiger partial charge in [0.25, 0.3) is 5.69 Å². The van der Waals surface area contributed by atoms with E-state index < -0.39 is 4.92 Å². The summed E-state index contributed by atoms with van der Waals surface area (Å²) in [6.07, 6.45) is 0.744. The van der Waals surface area contributed by atoms with Crippen LogP contribution in [0.2, 0.25) is 0 Å². The zero-order valence-corrected chi connectivity index (χ0v) is 17.0. The molecule has 0 saturated carbocycles. The van der Waals surface area contributed by atoms with Gasteiger partial charge in [0.2, 0.25) is 0 Å². The minimum absolute atomic E-state index is 0.0363. The number of aryl methyl sites for hydroxylation is 1. The largest absolute Gasteiger partial charge is 0.363 e. The molecule has 2 aromatic carbocycles. The number of anilines is 1. The van der Waals surface area contributed by atoms with Gasteiger partial charge in [0.15, 0.2) is 5.82 Å². The maximum atomic E-state index is 10.9. The summed E-state index contributed by atoms with van der Waals surface area (Å²) >= 11 is 1.53. The summed E-state index contributed by atoms with van der Waals surface area (Å²) in [4.78, 5) is 19.6. The van der Waals surface area contributed by atoms with E-state index >= 15 is 0 Å². The summed E-state index contributed by atoms with van der Waals surface area (Å²) in [7, 11) is 0. The molecule has 0 amide bonds. The smallest absolute Gasteiger partial charge is 0.269 e. The van der Waals surface area contributed by atoms with E-state index in [1.165, 1.54) is 23.5 Å². The summed E-state index contributed by atoms with van der Waals surface area (Å²) in [6.45, 7) is 2.51. The van der Waals surface area contributed by atoms with Crippen molar-refractivity contribution in [1.29, 1.82) is 0 Å². The molecule has 0 unspecified atom stereocenters. The molecule has 0 bridgehead atoms. The lowest BCUT2D eigenvalue weighted by Gasteiger charge is -2.08. The van der Waals surface area contributed by atoms with Crippen LogP contribution in [0.5, 0.6) is 0 Å². The predicted molar refractivity (Wildman–Crippen MR) is 116 cm³/mol. The second-order valence-electron chi connectivity index (χ2n) is 6.45. The summed E-state index contributed by atoms with van der Waals surface area (Å²) in [5, 5.41) is 24.4. The van der Waals surface area contributed by atoms with E-state index in [0.717, 1.165) is 33.3 Å². The standard InChI is InChI=1S/C21H18N6O2S/c1-2-16-12-18(24-20(23-16)14-8-10-17(11-9-14)27(28)29)22-13-19-25-26-21(30-19)15-6-4-3-5-7-15/h3-12H,2,13H2,1H3,(H,22,23,24). The number of nitro benzene ring substituents is 1. The van der Waals surface area contributed by atoms with Gasteiger partial charge in [0.1, 0.15) is 15.8 Å². The van der Waals surface area contributed by atoms with E-state index in [4.69, 9.17) is 0 Å². The molecule has 9 heteroatoms. The molecule has 4 rings (SSSR count). The number of aromatic nitrogens is 4. The van der Waals surface area contributed by atoms with E-state index in [-0.39, 0.29) is 5.69 Å². The van der Waals surface area contributed by atoms with Gasteiger partial charge in [-0.3, -0.25) is 10.1 Å². The third-order valence-electron chi connectivity index (χ3n) is 4.39. The lowest BCUT2D eigenvalue weighted by molar-refractivity contribution is -0.384. The molecular weight excluding hydrogens is 400 g/mol. The first-order valence-corrected chi connectivity index (χ1v) is 10.2. The Labute approximate surface area is 176 Å². The second kappa shape index (κ2) is 8.75. The first-order chi connectivity index (χ1) is 14.6. The van der Waals surface area contributed by atoms with Crippen LogP contribution < -0.4 is 5.32 Å². The van der Waals surface area contributed by atoms with Crippen LogP contribution >= 0.6 is 11.3 Å². The molecule has 2 heterocycles. The lowest BCUT2D eigenvalue weighted by Crippen LogP contribution is -2.05. The van der Waals surface area contributed by atoms with Crippen LogP contribution in [0.25, 0.3) is 22.0 Å². The number of nitrogens with zero attached hydrogens (tertiary/aromatic N) is 5. The van der Waals surface area contributed by atoms with Crippen LogP contribution in [0.4, 0.5) is 11.5 Å². The number of nitro groups is 1. The third-order valence-corrected chi connectivity index (χ3v) is 5.36. The molecule has 0 aliphatic carbocycles. The van der Waals surface area contributed by atoms with Crippen LogP contribution in [0.3, 0.4) is 0 Å². The number of non-ortho nitro benzene ring substituents is 1. The zero-order chi connectivity index (χ0) is 20.9. The van der Waals surface area contributed by atoms with Gasteiger partial charge >= 0.3 is 0 Å². The maximum absolute atomic E-state index is 10.9. The number of hydrogen-bond donors (Lipinski definition) is 1. The summed E-state index contributed by atoms with van der Waals surface area (Å²) in [5.74, 6) is 1.20. The quantitative estimate of drug-likeness (QED) is 0.341. The van der Waals surface area contributed by atoms with Crippen molar-refractivity contribution in [3.8, 4) is 22.0 Å². The molecule has 8 nitrogen and oxygen atoms in total. The summed E-state index contributed by atoms with van der Waals surface area (Å²) in [5.41, 5.74) is 2.68. The Hall–Kier alpha value is -3.72. The third kappa shape index (κ3) is 4.47. The molecule has 0 spiro atoms. The Kier molecular flexibility index (Phi) is 5.71. The highest BCUT2D eigenvalue weighted by Crippen LogP contribution is 2.24. The van der Waals surface area contributed by atoms with Crippen molar-refractivity contribution in [2.24, 2.45) is 0 Å². The van der Waals surface area contributed by atoms with Gasteiger partial charge in [-0.15, -0.1) is 10.2 Å². The number of rotatable bonds is 7. The molecular formula is C21H18N6O2S. The zero-order valence-electron chi connectivity index (χ0n) is 16.1. The van der Waals surface area contributed by atoms with Crippen molar-refractivity contribution in [3.05, 3.63) is 81.5 Å². The topological polar surface area (TPSA) is 107 Å². The van der Waals surface area contributed by atoms with Gasteiger partial charge in [-0.1, -0.05) is 48.6 Å². The highest BCUT2D eigenvalue weighted by Gasteiger charge is 2.11. The fourth-order valence-electron chi connectivity index (χ4n) is 2.82. The molecule has 0 atom stereocenters. The van der Waals surface area contributed by atoms with Gasteiger partial charge in [-0.25, -0.2) is 9.97 Å². The van der Waals surface area contributed by atoms with E-state index in [1.54, 1.807) is 12.1 Å². The Bertz CT molecular complexity index is 1160. The SMILES string of the molecule is CCc1cc(NCc2nnc(-c3ccccc3)s2)nc(-c2ccc([N+](=O)[O-])cc2)n1. The second-order valence-corrected chi connectivity index (χ2v) is 7.51. The minimum atomic E-state index is -0.425. The predicted octanol–water partition coefficient (Wildman–Crippen LogP) is 4.74. The average molecular weight is 418 g/mol. The van der Waals surface area contributed by atoms with Gasteiger partial charge in [-0.2, -0.15) is 0 Å². The first-order valence-electron chi connectivity index (χ1n) is 9.37. The highest BCUT2D eigenvalue weighted by molar-refractivity contribution is 7.14. The Balaban J connectivity index is 1.52. The van der Waals surface area contributed by atoms with Crippen molar-refractivity contribution in [1.82, 2.24) is 20.2 Å². The fraction of sp³-hybridized carbons (Fsp3) is 0.143. The van der Waals surface area contributed by atoms with Crippen molar-refractivity contribution < 1.29 is 4.92 Å². The number of nitrogens with one attached hydrogen (secondary N) is 1. The molecule has 30 heavy (non-hydrogen) atoms. The Morgan fingerprint density at radius 3 is 2.47 bits per heavy atom. The monoisotopic (exact) mass is 418 g/mol. The maximum Gasteiger partial charge on any atom is 0.269 e. The van der Waals surface area contributed by atoms with Crippen LogP contribution in [-0.4, -0.2) is 25.1 Å². The molecule has 150 valence electrons. The van der Waals surface area contributed by atoms with Crippen LogP contribution in [0, 0.1) is 10.1 Å². The average Bonchev–Trinajstić information content (AvgIpc) is 3.27. The minimum Gasteiger partial charge on any atom is -0.363 e. The van der Waals surface area contributed by atoms with Gasteiger partial charge in [0.05, 0.1) is 11.5 Å². The highest BCUT2D eigenvalue weighted by atomic mass is 32.1. The van der Waals surface area contributed by atoms with Crippen LogP contribution in [0.15, 0.2) is 60.7 Å². The lowest BCUT2D eigenvalue weighted by atomic mass is 10.2. The molecule has 0 saturated heterocycles. The number of hydrogen-bond acceptors (Lipinski definition) is 8. The van der Waals surface area contributed by atoms with Crippen LogP contribution in [0.1, 0.15) is 17.6 Å². The molecule has 4 aromatic rings. The van der Waals surface area contributed by atoms with Crippen LogP contribution in [-0.2, 0) is 13.0 Å². The summed E-state index contributed by atoms with van der Waals surface area (Å²) < 4.78 is 0. The molecule has 0 aliphatic rings. The number of benzene rings is 2. The molecule has 0 radical (unpaired) electrons. The van der Waals surface area contributed by atoms with Gasteiger partial charge in [-0.05, 0) is 18.6 Å². The van der Waals surface area contributed by atoms with Crippen molar-refractivity contribution in [2.45, 2.75) is 19.9 Å². The molecule has 2 aromatic heterocycles. The fourth-order valence-corrected chi connectivity index (χ4v) is 3.60. The van der Waals surface area contributed by atoms with Crippen molar-refractivity contribution >= 4 is 22.8 Å². The van der Waals surface area contributed by atoms with Crippen molar-refractivity contribution in [2.75, 3.05) is 5.32 Å². The first kappa shape index (κ1) is 19.6. The van der Waals surface area contributed by atoms with E-state index in [2.05, 4.69) is 25.5 Å². The molecule has 0 aliphatic heterocycles. The van der Waals surface area contributed by atoms with E-state index in [1.807, 2.05) is 43.3 Å². The van der Waals surface area contributed by atoms with E-state index in [0.29, 0.717) is 18.2 Å². The van der Waals surface area contributed by atoms with Gasteiger partial charge < -0.3 is 5.32 Å².